The Labute approximate surface area is 254 Å². The molecule has 2 N–H and O–H groups in total. The van der Waals surface area contributed by atoms with Gasteiger partial charge in [-0.05, 0) is 73.8 Å². The second-order valence-electron chi connectivity index (χ2n) is 9.56. The zero-order valence-corrected chi connectivity index (χ0v) is 25.3. The predicted octanol–water partition coefficient (Wildman–Crippen LogP) is 6.10. The minimum atomic E-state index is -3.03. The van der Waals surface area contributed by atoms with Gasteiger partial charge in [0.05, 0.1) is 37.4 Å². The van der Waals surface area contributed by atoms with Gasteiger partial charge in [0.1, 0.15) is 5.82 Å². The fourth-order valence-corrected chi connectivity index (χ4v) is 5.77. The van der Waals surface area contributed by atoms with Crippen LogP contribution < -0.4 is 10.6 Å². The van der Waals surface area contributed by atoms with Crippen molar-refractivity contribution in [3.05, 3.63) is 106 Å². The van der Waals surface area contributed by atoms with E-state index in [2.05, 4.69) is 20.0 Å². The summed E-state index contributed by atoms with van der Waals surface area (Å²) < 4.78 is 17.5. The third-order valence-corrected chi connectivity index (χ3v) is 8.11. The van der Waals surface area contributed by atoms with Crippen molar-refractivity contribution in [2.45, 2.75) is 4.90 Å². The lowest BCUT2D eigenvalue weighted by molar-refractivity contribution is -0.118. The van der Waals surface area contributed by atoms with Crippen LogP contribution in [0.15, 0.2) is 94.3 Å². The standard InChI is InChI=1S/C30H27Cl2N5O4S/c1-37(2)18-28(38)36-42(3,41)26-7-5-4-6-23(26)19-8-10-20(11-9-19)29(39)34-25-14-12-21(31)16-24(25)30(40)35-27-15-13-22(32)17-33-27/h4-17H,18H2,1-3H3,(H,34,39)(H,33,35,40). The zero-order chi connectivity index (χ0) is 30.4. The highest BCUT2D eigenvalue weighted by molar-refractivity contribution is 7.93. The van der Waals surface area contributed by atoms with E-state index in [1.807, 2.05) is 0 Å². The summed E-state index contributed by atoms with van der Waals surface area (Å²) in [5, 5.41) is 6.15. The zero-order valence-electron chi connectivity index (χ0n) is 22.9. The van der Waals surface area contributed by atoms with Crippen molar-refractivity contribution in [1.29, 1.82) is 0 Å². The van der Waals surface area contributed by atoms with Crippen LogP contribution >= 0.6 is 23.2 Å². The first-order valence-electron chi connectivity index (χ1n) is 12.6. The molecule has 1 atom stereocenters. The topological polar surface area (TPSA) is 121 Å². The van der Waals surface area contributed by atoms with Crippen molar-refractivity contribution in [2.24, 2.45) is 4.36 Å². The van der Waals surface area contributed by atoms with Crippen LogP contribution in [0.2, 0.25) is 10.0 Å². The Morgan fingerprint density at radius 1 is 0.881 bits per heavy atom. The first kappa shape index (κ1) is 30.9. The van der Waals surface area contributed by atoms with Crippen LogP contribution in [-0.2, 0) is 14.5 Å². The van der Waals surface area contributed by atoms with Crippen LogP contribution in [-0.4, -0.2) is 58.7 Å². The largest absolute Gasteiger partial charge is 0.321 e. The van der Waals surface area contributed by atoms with Crippen molar-refractivity contribution in [3.63, 3.8) is 0 Å². The molecule has 4 rings (SSSR count). The molecule has 0 saturated heterocycles. The van der Waals surface area contributed by atoms with Crippen LogP contribution in [0.3, 0.4) is 0 Å². The van der Waals surface area contributed by atoms with E-state index in [1.54, 1.807) is 85.7 Å². The van der Waals surface area contributed by atoms with Crippen LogP contribution in [0, 0.1) is 0 Å². The van der Waals surface area contributed by atoms with Gasteiger partial charge in [0.25, 0.3) is 17.7 Å². The summed E-state index contributed by atoms with van der Waals surface area (Å²) in [7, 11) is 0.436. The number of hydrogen-bond donors (Lipinski definition) is 2. The number of halogens is 2. The molecule has 0 radical (unpaired) electrons. The average molecular weight is 625 g/mol. The van der Waals surface area contributed by atoms with Gasteiger partial charge in [-0.1, -0.05) is 53.5 Å². The molecule has 0 saturated carbocycles. The van der Waals surface area contributed by atoms with Crippen molar-refractivity contribution in [1.82, 2.24) is 9.88 Å². The molecule has 0 aliphatic rings. The summed E-state index contributed by atoms with van der Waals surface area (Å²) >= 11 is 12.0. The average Bonchev–Trinajstić information content (AvgIpc) is 2.94. The highest BCUT2D eigenvalue weighted by atomic mass is 35.5. The number of benzene rings is 3. The number of carbonyl (C=O) groups is 3. The fraction of sp³-hybridized carbons (Fsp3) is 0.133. The molecule has 3 amide bonds. The molecule has 0 spiro atoms. The lowest BCUT2D eigenvalue weighted by Crippen LogP contribution is -2.21. The monoisotopic (exact) mass is 623 g/mol. The van der Waals surface area contributed by atoms with Crippen LogP contribution in [0.5, 0.6) is 0 Å². The van der Waals surface area contributed by atoms with Crippen LogP contribution in [0.4, 0.5) is 11.5 Å². The molecule has 1 aromatic heterocycles. The van der Waals surface area contributed by atoms with E-state index in [9.17, 15) is 18.6 Å². The summed E-state index contributed by atoms with van der Waals surface area (Å²) in [6.45, 7) is 0.0474. The number of hydrogen-bond acceptors (Lipinski definition) is 6. The van der Waals surface area contributed by atoms with E-state index < -0.39 is 27.5 Å². The Kier molecular flexibility index (Phi) is 9.74. The van der Waals surface area contributed by atoms with Crippen LogP contribution in [0.1, 0.15) is 20.7 Å². The SMILES string of the molecule is CN(C)CC(=O)N=S(C)(=O)c1ccccc1-c1ccc(C(=O)Nc2ccc(Cl)cc2C(=O)Nc2ccc(Cl)cn2)cc1. The van der Waals surface area contributed by atoms with Gasteiger partial charge in [-0.2, -0.15) is 4.36 Å². The molecule has 0 aliphatic heterocycles. The molecule has 3 aromatic carbocycles. The molecule has 1 heterocycles. The van der Waals surface area contributed by atoms with Crippen molar-refractivity contribution in [3.8, 4) is 11.1 Å². The number of nitrogens with one attached hydrogen (secondary N) is 2. The minimum absolute atomic E-state index is 0.0474. The maximum atomic E-state index is 13.5. The smallest absolute Gasteiger partial charge is 0.268 e. The van der Waals surface area contributed by atoms with Gasteiger partial charge in [-0.3, -0.25) is 14.4 Å². The lowest BCUT2D eigenvalue weighted by atomic mass is 10.0. The van der Waals surface area contributed by atoms with Gasteiger partial charge < -0.3 is 15.5 Å². The number of carbonyl (C=O) groups excluding carboxylic acids is 3. The maximum absolute atomic E-state index is 13.5. The third kappa shape index (κ3) is 7.80. The van der Waals surface area contributed by atoms with Gasteiger partial charge in [0, 0.05) is 23.0 Å². The normalized spacial score (nSPS) is 12.3. The Bertz CT molecular complexity index is 1770. The van der Waals surface area contributed by atoms with Crippen molar-refractivity contribution >= 4 is 62.2 Å². The first-order valence-corrected chi connectivity index (χ1v) is 15.2. The molecular formula is C30H27Cl2N5O4S. The van der Waals surface area contributed by atoms with Gasteiger partial charge >= 0.3 is 0 Å². The van der Waals surface area contributed by atoms with E-state index in [1.165, 1.54) is 24.6 Å². The highest BCUT2D eigenvalue weighted by Crippen LogP contribution is 2.29. The number of nitrogens with zero attached hydrogens (tertiary/aromatic N) is 3. The Balaban J connectivity index is 1.56. The number of pyridine rings is 1. The van der Waals surface area contributed by atoms with E-state index in [0.717, 1.165) is 0 Å². The number of rotatable bonds is 8. The molecule has 1 unspecified atom stereocenters. The number of amides is 3. The molecule has 4 aromatic rings. The number of likely N-dealkylation sites (N-methyl/N-ethyl adjacent to an activating group) is 1. The minimum Gasteiger partial charge on any atom is -0.321 e. The maximum Gasteiger partial charge on any atom is 0.268 e. The van der Waals surface area contributed by atoms with Gasteiger partial charge in [0.15, 0.2) is 0 Å². The molecule has 0 fully saturated rings. The van der Waals surface area contributed by atoms with E-state index in [4.69, 9.17) is 23.2 Å². The number of anilines is 2. The first-order chi connectivity index (χ1) is 19.9. The lowest BCUT2D eigenvalue weighted by Gasteiger charge is -2.14. The molecule has 0 aliphatic carbocycles. The van der Waals surface area contributed by atoms with E-state index in [-0.39, 0.29) is 23.6 Å². The summed E-state index contributed by atoms with van der Waals surface area (Å²) in [5.74, 6) is -1.18. The van der Waals surface area contributed by atoms with Gasteiger partial charge in [-0.15, -0.1) is 0 Å². The molecular weight excluding hydrogens is 597 g/mol. The summed E-state index contributed by atoms with van der Waals surface area (Å²) in [6.07, 6.45) is 2.84. The highest BCUT2D eigenvalue weighted by Gasteiger charge is 2.18. The molecule has 216 valence electrons. The fourth-order valence-electron chi connectivity index (χ4n) is 4.02. The third-order valence-electron chi connectivity index (χ3n) is 5.92. The Hall–Kier alpha value is -4.09. The quantitative estimate of drug-likeness (QED) is 0.244. The summed E-state index contributed by atoms with van der Waals surface area (Å²) in [5.41, 5.74) is 2.03. The predicted molar refractivity (Wildman–Crippen MR) is 167 cm³/mol. The van der Waals surface area contributed by atoms with Gasteiger partial charge in [0.2, 0.25) is 0 Å². The van der Waals surface area contributed by atoms with E-state index >= 15 is 0 Å². The summed E-state index contributed by atoms with van der Waals surface area (Å²) in [6, 6.07) is 21.3. The Morgan fingerprint density at radius 3 is 2.24 bits per heavy atom. The Morgan fingerprint density at radius 2 is 1.57 bits per heavy atom. The van der Waals surface area contributed by atoms with E-state index in [0.29, 0.717) is 31.6 Å². The number of aromatic nitrogens is 1. The molecule has 12 heteroatoms. The van der Waals surface area contributed by atoms with Crippen molar-refractivity contribution in [2.75, 3.05) is 37.5 Å². The summed E-state index contributed by atoms with van der Waals surface area (Å²) in [4.78, 5) is 44.5. The van der Waals surface area contributed by atoms with Crippen LogP contribution in [0.25, 0.3) is 11.1 Å². The molecule has 9 nitrogen and oxygen atoms in total. The second kappa shape index (κ2) is 13.3. The second-order valence-corrected chi connectivity index (χ2v) is 12.7. The van der Waals surface area contributed by atoms with Crippen molar-refractivity contribution < 1.29 is 18.6 Å². The molecule has 0 bridgehead atoms. The molecule has 42 heavy (non-hydrogen) atoms. The van der Waals surface area contributed by atoms with Gasteiger partial charge in [-0.25, -0.2) is 9.19 Å².